The first kappa shape index (κ1) is 19.9. The summed E-state index contributed by atoms with van der Waals surface area (Å²) in [6.07, 6.45) is 0. The molecule has 0 fully saturated rings. The number of hydrogen-bond acceptors (Lipinski definition) is 4. The number of ether oxygens (including phenoxy) is 1. The molecule has 30 heavy (non-hydrogen) atoms. The second-order valence-corrected chi connectivity index (χ2v) is 7.99. The lowest BCUT2D eigenvalue weighted by Crippen LogP contribution is -2.42. The van der Waals surface area contributed by atoms with Gasteiger partial charge in [-0.25, -0.2) is 0 Å². The molecule has 1 amide bonds. The van der Waals surface area contributed by atoms with Crippen LogP contribution < -0.4 is 10.1 Å². The Labute approximate surface area is 179 Å². The molecule has 1 heterocycles. The molecule has 6 nitrogen and oxygen atoms in total. The van der Waals surface area contributed by atoms with Crippen molar-refractivity contribution < 1.29 is 9.53 Å². The number of benzene rings is 3. The van der Waals surface area contributed by atoms with Crippen LogP contribution in [-0.4, -0.2) is 26.5 Å². The van der Waals surface area contributed by atoms with Gasteiger partial charge in [0.15, 0.2) is 5.60 Å². The number of carbonyl (C=O) groups excluding carboxylic acids is 1. The Morgan fingerprint density at radius 3 is 2.33 bits per heavy atom. The Balaban J connectivity index is 1.52. The zero-order valence-electron chi connectivity index (χ0n) is 16.9. The number of halogens is 1. The molecule has 3 aromatic carbocycles. The molecular weight excluding hydrogens is 400 g/mol. The molecule has 7 heteroatoms. The largest absolute Gasteiger partial charge is 0.478 e. The number of amides is 1. The van der Waals surface area contributed by atoms with Gasteiger partial charge in [0.2, 0.25) is 0 Å². The van der Waals surface area contributed by atoms with Crippen molar-refractivity contribution in [3.05, 3.63) is 77.3 Å². The van der Waals surface area contributed by atoms with E-state index < -0.39 is 5.60 Å². The van der Waals surface area contributed by atoms with Crippen LogP contribution in [0.1, 0.15) is 19.4 Å². The zero-order valence-corrected chi connectivity index (χ0v) is 17.6. The Bertz CT molecular complexity index is 1200. The maximum absolute atomic E-state index is 12.8. The van der Waals surface area contributed by atoms with E-state index in [9.17, 15) is 4.79 Å². The molecule has 152 valence electrons. The average Bonchev–Trinajstić information content (AvgIpc) is 3.13. The van der Waals surface area contributed by atoms with Gasteiger partial charge in [0.1, 0.15) is 16.8 Å². The van der Waals surface area contributed by atoms with E-state index in [2.05, 4.69) is 15.5 Å². The van der Waals surface area contributed by atoms with Crippen molar-refractivity contribution in [2.75, 3.05) is 5.32 Å². The average molecular weight is 421 g/mol. The van der Waals surface area contributed by atoms with Gasteiger partial charge in [-0.1, -0.05) is 29.3 Å². The Morgan fingerprint density at radius 1 is 0.967 bits per heavy atom. The smallest absolute Gasteiger partial charge is 0.267 e. The third-order valence-electron chi connectivity index (χ3n) is 4.64. The summed E-state index contributed by atoms with van der Waals surface area (Å²) >= 11 is 5.90. The van der Waals surface area contributed by atoms with Crippen LogP contribution in [0.3, 0.4) is 0 Å². The summed E-state index contributed by atoms with van der Waals surface area (Å²) in [5, 5.41) is 12.5. The molecular formula is C23H21ClN4O2. The first-order valence-corrected chi connectivity index (χ1v) is 9.88. The minimum absolute atomic E-state index is 0.275. The van der Waals surface area contributed by atoms with Gasteiger partial charge in [-0.05, 0) is 75.4 Å². The number of nitrogens with zero attached hydrogens (tertiary/aromatic N) is 3. The van der Waals surface area contributed by atoms with E-state index in [1.807, 2.05) is 37.3 Å². The van der Waals surface area contributed by atoms with Crippen molar-refractivity contribution in [1.82, 2.24) is 15.0 Å². The molecule has 0 spiro atoms. The van der Waals surface area contributed by atoms with Crippen LogP contribution in [0.15, 0.2) is 66.7 Å². The summed E-state index contributed by atoms with van der Waals surface area (Å²) in [6, 6.07) is 20.3. The lowest BCUT2D eigenvalue weighted by atomic mass is 10.1. The van der Waals surface area contributed by atoms with E-state index >= 15 is 0 Å². The van der Waals surface area contributed by atoms with E-state index in [1.54, 1.807) is 55.0 Å². The Kier molecular flexibility index (Phi) is 5.18. The SMILES string of the molecule is Cc1ccc(-n2nc3ccc(NC(=O)C(C)(C)Oc4ccc(Cl)cc4)cc3n2)cc1. The lowest BCUT2D eigenvalue weighted by Gasteiger charge is -2.25. The molecule has 0 unspecified atom stereocenters. The number of hydrogen-bond donors (Lipinski definition) is 1. The van der Waals surface area contributed by atoms with Crippen LogP contribution in [0.25, 0.3) is 16.7 Å². The fraction of sp³-hybridized carbons (Fsp3) is 0.174. The second-order valence-electron chi connectivity index (χ2n) is 7.55. The van der Waals surface area contributed by atoms with Gasteiger partial charge < -0.3 is 10.1 Å². The summed E-state index contributed by atoms with van der Waals surface area (Å²) in [4.78, 5) is 14.4. The number of carbonyl (C=O) groups is 1. The summed E-state index contributed by atoms with van der Waals surface area (Å²) < 4.78 is 5.85. The summed E-state index contributed by atoms with van der Waals surface area (Å²) in [5.74, 6) is 0.291. The molecule has 0 bridgehead atoms. The maximum atomic E-state index is 12.8. The highest BCUT2D eigenvalue weighted by Gasteiger charge is 2.30. The van der Waals surface area contributed by atoms with Crippen molar-refractivity contribution in [3.63, 3.8) is 0 Å². The van der Waals surface area contributed by atoms with Crippen LogP contribution in [0.2, 0.25) is 5.02 Å². The molecule has 1 aromatic heterocycles. The minimum Gasteiger partial charge on any atom is -0.478 e. The number of aryl methyl sites for hydroxylation is 1. The molecule has 0 radical (unpaired) electrons. The number of anilines is 1. The molecule has 0 aliphatic heterocycles. The molecule has 0 aliphatic carbocycles. The molecule has 0 atom stereocenters. The second kappa shape index (κ2) is 7.80. The summed E-state index contributed by atoms with van der Waals surface area (Å²) in [6.45, 7) is 5.45. The zero-order chi connectivity index (χ0) is 21.3. The topological polar surface area (TPSA) is 69.0 Å². The normalized spacial score (nSPS) is 11.5. The maximum Gasteiger partial charge on any atom is 0.267 e. The van der Waals surface area contributed by atoms with Gasteiger partial charge in [-0.3, -0.25) is 4.79 Å². The van der Waals surface area contributed by atoms with Crippen molar-refractivity contribution in [2.45, 2.75) is 26.4 Å². The first-order valence-electron chi connectivity index (χ1n) is 9.50. The predicted octanol–water partition coefficient (Wildman–Crippen LogP) is 5.18. The lowest BCUT2D eigenvalue weighted by molar-refractivity contribution is -0.128. The highest BCUT2D eigenvalue weighted by atomic mass is 35.5. The number of rotatable bonds is 5. The standard InChI is InChI=1S/C23H21ClN4O2/c1-15-4-9-18(10-5-15)28-26-20-13-8-17(14-21(20)27-28)25-22(29)23(2,3)30-19-11-6-16(24)7-12-19/h4-14H,1-3H3,(H,25,29). The van der Waals surface area contributed by atoms with Gasteiger partial charge in [0.05, 0.1) is 5.69 Å². The van der Waals surface area contributed by atoms with Gasteiger partial charge >= 0.3 is 0 Å². The van der Waals surface area contributed by atoms with Gasteiger partial charge in [0.25, 0.3) is 5.91 Å². The highest BCUT2D eigenvalue weighted by molar-refractivity contribution is 6.30. The highest BCUT2D eigenvalue weighted by Crippen LogP contribution is 2.23. The number of fused-ring (bicyclic) bond motifs is 1. The Morgan fingerprint density at radius 2 is 1.63 bits per heavy atom. The fourth-order valence-corrected chi connectivity index (χ4v) is 3.04. The van der Waals surface area contributed by atoms with Gasteiger partial charge in [0, 0.05) is 10.7 Å². The third-order valence-corrected chi connectivity index (χ3v) is 4.89. The Hall–Kier alpha value is -3.38. The van der Waals surface area contributed by atoms with Crippen LogP contribution >= 0.6 is 11.6 Å². The fourth-order valence-electron chi connectivity index (χ4n) is 2.91. The van der Waals surface area contributed by atoms with Crippen molar-refractivity contribution in [1.29, 1.82) is 0 Å². The van der Waals surface area contributed by atoms with Crippen LogP contribution in [0.5, 0.6) is 5.75 Å². The quantitative estimate of drug-likeness (QED) is 0.483. The molecule has 0 saturated carbocycles. The molecule has 4 rings (SSSR count). The molecule has 1 N–H and O–H groups in total. The molecule has 0 aliphatic rings. The number of aromatic nitrogens is 3. The van der Waals surface area contributed by atoms with Crippen molar-refractivity contribution >= 4 is 34.2 Å². The van der Waals surface area contributed by atoms with E-state index in [-0.39, 0.29) is 5.91 Å². The van der Waals surface area contributed by atoms with E-state index in [1.165, 1.54) is 5.56 Å². The van der Waals surface area contributed by atoms with Crippen molar-refractivity contribution in [3.8, 4) is 11.4 Å². The minimum atomic E-state index is -1.08. The van der Waals surface area contributed by atoms with E-state index in [0.29, 0.717) is 22.0 Å². The van der Waals surface area contributed by atoms with E-state index in [4.69, 9.17) is 16.3 Å². The van der Waals surface area contributed by atoms with Crippen LogP contribution in [0, 0.1) is 6.92 Å². The summed E-state index contributed by atoms with van der Waals surface area (Å²) in [7, 11) is 0. The van der Waals surface area contributed by atoms with Crippen LogP contribution in [-0.2, 0) is 4.79 Å². The number of nitrogens with one attached hydrogen (secondary N) is 1. The monoisotopic (exact) mass is 420 g/mol. The predicted molar refractivity (Wildman–Crippen MR) is 118 cm³/mol. The first-order chi connectivity index (χ1) is 14.3. The van der Waals surface area contributed by atoms with Crippen molar-refractivity contribution in [2.24, 2.45) is 0 Å². The van der Waals surface area contributed by atoms with Gasteiger partial charge in [-0.15, -0.1) is 10.2 Å². The summed E-state index contributed by atoms with van der Waals surface area (Å²) in [5.41, 5.74) is 3.01. The molecule has 4 aromatic rings. The van der Waals surface area contributed by atoms with Gasteiger partial charge in [-0.2, -0.15) is 4.80 Å². The van der Waals surface area contributed by atoms with E-state index in [0.717, 1.165) is 11.2 Å². The molecule has 0 saturated heterocycles. The third kappa shape index (κ3) is 4.28. The van der Waals surface area contributed by atoms with Crippen LogP contribution in [0.4, 0.5) is 5.69 Å².